The Kier molecular flexibility index (Phi) is 1.91. The lowest BCUT2D eigenvalue weighted by molar-refractivity contribution is 0.887. The van der Waals surface area contributed by atoms with Crippen molar-refractivity contribution >= 4 is 27.8 Å². The molecule has 19 heavy (non-hydrogen) atoms. The molecule has 3 N–H and O–H groups in total. The molecule has 0 aliphatic carbocycles. The number of nitrogens with one attached hydrogen (secondary N) is 1. The van der Waals surface area contributed by atoms with Gasteiger partial charge in [-0.3, -0.25) is 0 Å². The van der Waals surface area contributed by atoms with Crippen LogP contribution in [-0.4, -0.2) is 19.7 Å². The molecule has 0 spiro atoms. The Morgan fingerprint density at radius 1 is 1.11 bits per heavy atom. The van der Waals surface area contributed by atoms with Gasteiger partial charge in [-0.1, -0.05) is 18.2 Å². The van der Waals surface area contributed by atoms with Gasteiger partial charge in [0.1, 0.15) is 11.6 Å². The van der Waals surface area contributed by atoms with Gasteiger partial charge < -0.3 is 10.7 Å². The quantitative estimate of drug-likeness (QED) is 0.544. The molecule has 0 amide bonds. The maximum Gasteiger partial charge on any atom is 0.134 e. The smallest absolute Gasteiger partial charge is 0.134 e. The molecule has 0 aliphatic heterocycles. The average Bonchev–Trinajstić information content (AvgIpc) is 3.00. The highest BCUT2D eigenvalue weighted by Crippen LogP contribution is 2.21. The molecule has 0 aliphatic rings. The van der Waals surface area contributed by atoms with Gasteiger partial charge in [-0.15, -0.1) is 0 Å². The average molecular weight is 249 g/mol. The number of anilines is 1. The van der Waals surface area contributed by atoms with Gasteiger partial charge in [0.2, 0.25) is 0 Å². The molecule has 3 heterocycles. The van der Waals surface area contributed by atoms with E-state index >= 15 is 0 Å². The number of hydrogen-bond donors (Lipinski definition) is 2. The van der Waals surface area contributed by atoms with Crippen LogP contribution in [-0.2, 0) is 0 Å². The first kappa shape index (κ1) is 10.1. The number of nitrogens with two attached hydrogens (primary N) is 1. The number of nitrogen functional groups attached to an aromatic ring is 1. The monoisotopic (exact) mass is 249 g/mol. The van der Waals surface area contributed by atoms with Gasteiger partial charge in [-0.05, 0) is 18.2 Å². The van der Waals surface area contributed by atoms with Crippen molar-refractivity contribution in [3.63, 3.8) is 0 Å². The summed E-state index contributed by atoms with van der Waals surface area (Å²) in [5.74, 6) is 1.40. The maximum absolute atomic E-state index is 5.69. The maximum atomic E-state index is 5.69. The summed E-state index contributed by atoms with van der Waals surface area (Å²) in [7, 11) is 0. The summed E-state index contributed by atoms with van der Waals surface area (Å²) in [4.78, 5) is 7.59. The van der Waals surface area contributed by atoms with Gasteiger partial charge in [0, 0.05) is 11.5 Å². The number of rotatable bonds is 1. The van der Waals surface area contributed by atoms with Crippen LogP contribution in [0.4, 0.5) is 5.82 Å². The van der Waals surface area contributed by atoms with Gasteiger partial charge in [0.15, 0.2) is 0 Å². The minimum absolute atomic E-state index is 0.517. The molecule has 0 saturated carbocycles. The number of benzene rings is 1. The molecule has 5 heteroatoms. The highest BCUT2D eigenvalue weighted by Gasteiger charge is 2.08. The van der Waals surface area contributed by atoms with Crippen LogP contribution < -0.4 is 5.73 Å². The number of fused-ring (bicyclic) bond motifs is 2. The molecule has 0 unspecified atom stereocenters. The Balaban J connectivity index is 1.99. The molecule has 4 aromatic rings. The van der Waals surface area contributed by atoms with E-state index in [1.807, 2.05) is 47.3 Å². The van der Waals surface area contributed by atoms with Gasteiger partial charge in [0.25, 0.3) is 0 Å². The number of nitrogens with zero attached hydrogens (tertiary/aromatic N) is 3. The fourth-order valence-corrected chi connectivity index (χ4v) is 2.29. The summed E-state index contributed by atoms with van der Waals surface area (Å²) in [6.45, 7) is 0. The van der Waals surface area contributed by atoms with E-state index in [0.29, 0.717) is 5.82 Å². The lowest BCUT2D eigenvalue weighted by Crippen LogP contribution is -1.95. The number of H-pyrrole nitrogens is 1. The van der Waals surface area contributed by atoms with Crippen LogP contribution in [0.15, 0.2) is 48.7 Å². The fourth-order valence-electron chi connectivity index (χ4n) is 2.29. The predicted octanol–water partition coefficient (Wildman–Crippen LogP) is 2.48. The summed E-state index contributed by atoms with van der Waals surface area (Å²) in [6.07, 6.45) is 1.85. The summed E-state index contributed by atoms with van der Waals surface area (Å²) in [5.41, 5.74) is 8.54. The van der Waals surface area contributed by atoms with Crippen molar-refractivity contribution in [3.05, 3.63) is 48.7 Å². The zero-order chi connectivity index (χ0) is 12.8. The van der Waals surface area contributed by atoms with E-state index in [1.165, 1.54) is 0 Å². The molecular formula is C14H11N5. The molecule has 3 aromatic heterocycles. The summed E-state index contributed by atoms with van der Waals surface area (Å²) in [5, 5.41) is 5.51. The minimum Gasteiger partial charge on any atom is -0.384 e. The van der Waals surface area contributed by atoms with Gasteiger partial charge in [0.05, 0.1) is 22.7 Å². The van der Waals surface area contributed by atoms with Gasteiger partial charge in [-0.2, -0.15) is 5.10 Å². The van der Waals surface area contributed by atoms with E-state index in [4.69, 9.17) is 5.73 Å². The van der Waals surface area contributed by atoms with Crippen LogP contribution in [0.25, 0.3) is 27.8 Å². The topological polar surface area (TPSA) is 72.5 Å². The van der Waals surface area contributed by atoms with Gasteiger partial charge >= 0.3 is 0 Å². The zero-order valence-electron chi connectivity index (χ0n) is 10.0. The second-order valence-corrected chi connectivity index (χ2v) is 4.44. The van der Waals surface area contributed by atoms with Crippen molar-refractivity contribution < 1.29 is 0 Å². The number of aromatic nitrogens is 4. The summed E-state index contributed by atoms with van der Waals surface area (Å²) in [6, 6.07) is 13.7. The lowest BCUT2D eigenvalue weighted by atomic mass is 10.3. The van der Waals surface area contributed by atoms with E-state index in [9.17, 15) is 0 Å². The predicted molar refractivity (Wildman–Crippen MR) is 75.1 cm³/mol. The first-order valence-corrected chi connectivity index (χ1v) is 6.00. The Bertz CT molecular complexity index is 887. The molecule has 4 rings (SSSR count). The summed E-state index contributed by atoms with van der Waals surface area (Å²) < 4.78 is 1.87. The van der Waals surface area contributed by atoms with Crippen molar-refractivity contribution in [1.82, 2.24) is 19.7 Å². The van der Waals surface area contributed by atoms with E-state index in [-0.39, 0.29) is 0 Å². The molecule has 0 fully saturated rings. The van der Waals surface area contributed by atoms with Crippen molar-refractivity contribution in [2.75, 3.05) is 5.73 Å². The van der Waals surface area contributed by atoms with E-state index in [0.717, 1.165) is 27.8 Å². The van der Waals surface area contributed by atoms with Crippen LogP contribution in [0.2, 0.25) is 0 Å². The zero-order valence-corrected chi connectivity index (χ0v) is 10.0. The molecule has 92 valence electrons. The SMILES string of the molecule is Nc1ccc2[nH]c(-n3ncc4ccccc43)cc2n1. The number of aromatic amines is 1. The van der Waals surface area contributed by atoms with Crippen LogP contribution in [0, 0.1) is 0 Å². The molecule has 0 radical (unpaired) electrons. The highest BCUT2D eigenvalue weighted by molar-refractivity contribution is 5.83. The number of hydrogen-bond acceptors (Lipinski definition) is 3. The van der Waals surface area contributed by atoms with E-state index in [2.05, 4.69) is 15.1 Å². The fraction of sp³-hybridized carbons (Fsp3) is 0. The summed E-state index contributed by atoms with van der Waals surface area (Å²) >= 11 is 0. The number of pyridine rings is 1. The molecule has 5 nitrogen and oxygen atoms in total. The molecule has 1 aromatic carbocycles. The van der Waals surface area contributed by atoms with Crippen molar-refractivity contribution in [1.29, 1.82) is 0 Å². The van der Waals surface area contributed by atoms with Crippen LogP contribution in [0.5, 0.6) is 0 Å². The Morgan fingerprint density at radius 2 is 2.00 bits per heavy atom. The highest BCUT2D eigenvalue weighted by atomic mass is 15.3. The first-order valence-electron chi connectivity index (χ1n) is 6.00. The van der Waals surface area contributed by atoms with E-state index < -0.39 is 0 Å². The lowest BCUT2D eigenvalue weighted by Gasteiger charge is -1.98. The third-order valence-electron chi connectivity index (χ3n) is 3.19. The third-order valence-corrected chi connectivity index (χ3v) is 3.19. The van der Waals surface area contributed by atoms with Crippen LogP contribution in [0.1, 0.15) is 0 Å². The third kappa shape index (κ3) is 1.48. The second-order valence-electron chi connectivity index (χ2n) is 4.44. The van der Waals surface area contributed by atoms with E-state index in [1.54, 1.807) is 6.07 Å². The second kappa shape index (κ2) is 3.58. The Morgan fingerprint density at radius 3 is 2.95 bits per heavy atom. The van der Waals surface area contributed by atoms with Crippen molar-refractivity contribution in [2.24, 2.45) is 0 Å². The van der Waals surface area contributed by atoms with Crippen molar-refractivity contribution in [2.45, 2.75) is 0 Å². The van der Waals surface area contributed by atoms with Crippen LogP contribution in [0.3, 0.4) is 0 Å². The Hall–Kier alpha value is -2.82. The molecule has 0 bridgehead atoms. The molecular weight excluding hydrogens is 238 g/mol. The molecule has 0 atom stereocenters. The minimum atomic E-state index is 0.517. The first-order chi connectivity index (χ1) is 9.31. The normalized spacial score (nSPS) is 11.4. The number of para-hydroxylation sites is 1. The Labute approximate surface area is 108 Å². The van der Waals surface area contributed by atoms with Crippen molar-refractivity contribution in [3.8, 4) is 5.82 Å². The standard InChI is InChI=1S/C14H11N5/c15-13-6-5-10-11(17-13)7-14(18-10)19-12-4-2-1-3-9(12)8-16-19/h1-8,18H,(H2,15,17). The van der Waals surface area contributed by atoms with Crippen LogP contribution >= 0.6 is 0 Å². The largest absolute Gasteiger partial charge is 0.384 e. The van der Waals surface area contributed by atoms with Gasteiger partial charge in [-0.25, -0.2) is 9.67 Å². The molecule has 0 saturated heterocycles.